The molecule has 0 aliphatic heterocycles. The summed E-state index contributed by atoms with van der Waals surface area (Å²) in [6.07, 6.45) is 22.9. The first-order valence-electron chi connectivity index (χ1n) is 36.9. The average Bonchev–Trinajstić information content (AvgIpc) is 1.57. The number of benzene rings is 5. The van der Waals surface area contributed by atoms with Gasteiger partial charge in [-0.15, -0.1) is 0 Å². The molecule has 1 N–H and O–H groups in total. The third-order valence-corrected chi connectivity index (χ3v) is 32.3. The number of pyridine rings is 7. The standard InChI is InChI=1S/C21H17BrN2O3S.C15H12BrIN2O2S.C14H11BrN2O2S.C13H9BrN2O2S.C9H7BrIN.C9H8BrN.C8H6BrN/c1-13-3-9-18(10-4-13)28(26,27)24-14(2)20(15-5-7-17(25)8-6-15)19-11-16(22)12-23-21(19)24;1-9-3-5-12(6-4-9)22(20,21)19-10(2)14(17)13-7-11(16)8-18-15(13)19;1-10-7-11-8-12(15)9-16-14(11)17(10)20(18,19)13-5-3-2-4-6-13;14-11-8-10-6-7-16(13(10)15-9-11)19(17,18)12-4-2-1-3-5-12;1-5-2-8-7(9(5)11)3-6(10)4-12-8;1-6-2-7-4-8(10)5-11-9(7)3-6;9-7-4-6-2-1-3-8(6)10-5-7/h3-12,25H,1-2H3;3-8H,1-2H3;2-9H,1H3;1-9H;3-4H,2H2,1H3;2,4-5H,3H2,1H3;1-2,4-5H,3H2. The van der Waals surface area contributed by atoms with Gasteiger partial charge in [0.05, 0.1) is 36.7 Å². The number of hydrogen-bond donors (Lipinski definition) is 1. The monoisotopic (exact) mass is 2370 g/mol. The summed E-state index contributed by atoms with van der Waals surface area (Å²) in [5.74, 6) is 0.150. The normalized spacial score (nSPS) is 12.6. The predicted molar refractivity (Wildman–Crippen MR) is 526 cm³/mol. The van der Waals surface area contributed by atoms with Gasteiger partial charge in [-0.3, -0.25) is 15.0 Å². The summed E-state index contributed by atoms with van der Waals surface area (Å²) in [7, 11) is -14.7. The van der Waals surface area contributed by atoms with Crippen molar-refractivity contribution in [3.05, 3.63) is 352 Å². The first kappa shape index (κ1) is 91.6. The highest BCUT2D eigenvalue weighted by molar-refractivity contribution is 14.1. The van der Waals surface area contributed by atoms with Gasteiger partial charge in [0.1, 0.15) is 5.75 Å². The Bertz CT molecular complexity index is 7330. The molecule has 19 rings (SSSR count). The van der Waals surface area contributed by atoms with E-state index in [9.17, 15) is 38.8 Å². The molecule has 20 nitrogen and oxygen atoms in total. The highest BCUT2D eigenvalue weighted by atomic mass is 127. The van der Waals surface area contributed by atoms with Crippen LogP contribution in [0.15, 0.2) is 306 Å². The molecule has 16 aromatic rings. The van der Waals surface area contributed by atoms with E-state index in [0.29, 0.717) is 45.1 Å². The van der Waals surface area contributed by atoms with Gasteiger partial charge in [0.25, 0.3) is 40.1 Å². The number of aromatic nitrogens is 11. The lowest BCUT2D eigenvalue weighted by atomic mass is 10.0. The van der Waals surface area contributed by atoms with Crippen molar-refractivity contribution in [2.24, 2.45) is 0 Å². The second kappa shape index (κ2) is 38.8. The summed E-state index contributed by atoms with van der Waals surface area (Å²) in [4.78, 5) is 31.0. The van der Waals surface area contributed by atoms with Crippen molar-refractivity contribution < 1.29 is 38.8 Å². The quantitative estimate of drug-likeness (QED) is 0.132. The fourth-order valence-corrected chi connectivity index (χ4v) is 23.2. The van der Waals surface area contributed by atoms with Crippen molar-refractivity contribution in [2.75, 3.05) is 0 Å². The van der Waals surface area contributed by atoms with E-state index in [-0.39, 0.29) is 25.3 Å². The number of aromatic hydroxyl groups is 1. The van der Waals surface area contributed by atoms with E-state index >= 15 is 0 Å². The molecule has 0 saturated carbocycles. The van der Waals surface area contributed by atoms with Gasteiger partial charge < -0.3 is 5.11 Å². The minimum atomic E-state index is -3.83. The van der Waals surface area contributed by atoms with E-state index in [0.717, 1.165) is 92.6 Å². The molecular weight excluding hydrogens is 2310 g/mol. The van der Waals surface area contributed by atoms with Crippen LogP contribution in [0.25, 0.3) is 71.0 Å². The fraction of sp³-hybridized carbons (Fsp3) is 0.112. The number of phenols is 1. The molecule has 11 heterocycles. The summed E-state index contributed by atoms with van der Waals surface area (Å²) in [6, 6.07) is 54.3. The Hall–Kier alpha value is -8.05. The zero-order chi connectivity index (χ0) is 87.4. The van der Waals surface area contributed by atoms with Crippen LogP contribution in [-0.2, 0) is 59.4 Å². The van der Waals surface area contributed by atoms with Gasteiger partial charge in [-0.25, -0.2) is 69.5 Å². The smallest absolute Gasteiger partial charge is 0.269 e. The summed E-state index contributed by atoms with van der Waals surface area (Å²) >= 11 is 28.2. The van der Waals surface area contributed by atoms with Crippen LogP contribution < -0.4 is 0 Å². The number of halogens is 9. The third-order valence-electron chi connectivity index (χ3n) is 19.3. The van der Waals surface area contributed by atoms with E-state index in [1.54, 1.807) is 185 Å². The predicted octanol–water partition coefficient (Wildman–Crippen LogP) is 24.4. The van der Waals surface area contributed by atoms with E-state index < -0.39 is 40.1 Å². The molecule has 0 bridgehead atoms. The molecule has 33 heteroatoms. The van der Waals surface area contributed by atoms with Crippen molar-refractivity contribution in [3.8, 4) is 16.9 Å². The minimum Gasteiger partial charge on any atom is -0.508 e. The molecule has 3 aliphatic rings. The van der Waals surface area contributed by atoms with Crippen molar-refractivity contribution in [1.82, 2.24) is 50.8 Å². The molecule has 0 amide bonds. The second-order valence-corrected chi connectivity index (χ2v) is 43.9. The number of fused-ring (bicyclic) bond motifs is 7. The molecule has 622 valence electrons. The zero-order valence-electron chi connectivity index (χ0n) is 65.5. The molecule has 3 aliphatic carbocycles. The van der Waals surface area contributed by atoms with Crippen molar-refractivity contribution in [3.63, 3.8) is 0 Å². The molecule has 122 heavy (non-hydrogen) atoms. The van der Waals surface area contributed by atoms with E-state index in [4.69, 9.17) is 0 Å². The Morgan fingerprint density at radius 3 is 1.41 bits per heavy atom. The van der Waals surface area contributed by atoms with Crippen molar-refractivity contribution in [2.45, 2.75) is 87.3 Å². The van der Waals surface area contributed by atoms with Gasteiger partial charge in [0, 0.05) is 157 Å². The molecule has 0 unspecified atom stereocenters. The fourth-order valence-electron chi connectivity index (χ4n) is 13.5. The van der Waals surface area contributed by atoms with Crippen LogP contribution in [0.3, 0.4) is 0 Å². The average molecular weight is 2380 g/mol. The number of hydrogen-bond acceptors (Lipinski definition) is 16. The Balaban J connectivity index is 0.000000126. The Kier molecular flexibility index (Phi) is 29.2. The summed E-state index contributed by atoms with van der Waals surface area (Å²) in [6.45, 7) is 13.5. The van der Waals surface area contributed by atoms with Crippen LogP contribution in [0.2, 0.25) is 0 Å². The molecule has 5 aromatic carbocycles. The first-order chi connectivity index (χ1) is 58.0. The lowest BCUT2D eigenvalue weighted by Gasteiger charge is -2.10. The van der Waals surface area contributed by atoms with Crippen LogP contribution in [0.4, 0.5) is 0 Å². The molecule has 0 atom stereocenters. The van der Waals surface area contributed by atoms with Crippen LogP contribution in [0.1, 0.15) is 75.8 Å². The largest absolute Gasteiger partial charge is 0.508 e. The molecule has 11 aromatic heterocycles. The Labute approximate surface area is 792 Å². The van der Waals surface area contributed by atoms with Gasteiger partial charge in [0.15, 0.2) is 22.6 Å². The van der Waals surface area contributed by atoms with Gasteiger partial charge >= 0.3 is 0 Å². The highest BCUT2D eigenvalue weighted by Crippen LogP contribution is 2.41. The lowest BCUT2D eigenvalue weighted by Crippen LogP contribution is -2.15. The lowest BCUT2D eigenvalue weighted by molar-refractivity contribution is 0.475. The summed E-state index contributed by atoms with van der Waals surface area (Å²) < 4.78 is 117. The Morgan fingerprint density at radius 2 is 0.836 bits per heavy atom. The van der Waals surface area contributed by atoms with Crippen LogP contribution in [0.5, 0.6) is 5.75 Å². The highest BCUT2D eigenvalue weighted by Gasteiger charge is 2.30. The molecule has 0 radical (unpaired) electrons. The van der Waals surface area contributed by atoms with Gasteiger partial charge in [-0.2, -0.15) is 0 Å². The maximum Gasteiger partial charge on any atom is 0.269 e. The third kappa shape index (κ3) is 20.4. The van der Waals surface area contributed by atoms with E-state index in [2.05, 4.69) is 242 Å². The van der Waals surface area contributed by atoms with Crippen molar-refractivity contribution in [1.29, 1.82) is 0 Å². The summed E-state index contributed by atoms with van der Waals surface area (Å²) in [5, 5.41) is 12.7. The van der Waals surface area contributed by atoms with E-state index in [1.165, 1.54) is 70.6 Å². The van der Waals surface area contributed by atoms with Crippen LogP contribution in [-0.4, -0.2) is 89.6 Å². The molecular formula is C89H70Br7I2N11O9S4. The maximum atomic E-state index is 13.4. The van der Waals surface area contributed by atoms with E-state index in [1.807, 2.05) is 62.8 Å². The van der Waals surface area contributed by atoms with Crippen molar-refractivity contribution >= 4 is 257 Å². The minimum absolute atomic E-state index is 0.150. The number of phenolic OH excluding ortho intramolecular Hbond substituents is 1. The first-order valence-corrected chi connectivity index (χ1v) is 50.4. The maximum absolute atomic E-state index is 13.4. The second-order valence-electron chi connectivity index (χ2n) is 28.1. The summed E-state index contributed by atoms with van der Waals surface area (Å²) in [5.41, 5.74) is 17.3. The topological polar surface area (TPSA) is 267 Å². The molecule has 0 spiro atoms. The van der Waals surface area contributed by atoms with Gasteiger partial charge in [-0.1, -0.05) is 113 Å². The molecule has 0 fully saturated rings. The number of nitrogens with zero attached hydrogens (tertiary/aromatic N) is 11. The zero-order valence-corrected chi connectivity index (χ0v) is 84.2. The van der Waals surface area contributed by atoms with Gasteiger partial charge in [-0.05, 0) is 337 Å². The van der Waals surface area contributed by atoms with Crippen LogP contribution >= 0.6 is 157 Å². The van der Waals surface area contributed by atoms with Crippen LogP contribution in [0, 0.1) is 38.2 Å². The SMILES string of the molecule is Brc1cnc2c(c1)C=CC2.CC1=C(I)c2cc(Br)cnc2C1.CC1=Cc2cc(Br)cnc2C1.Cc1cc2cc(Br)cnc2n1S(=O)(=O)c1ccccc1.Cc1ccc(S(=O)(=O)n2c(C)c(-c3ccc(O)cc3)c3cc(Br)cnc32)cc1.Cc1ccc(S(=O)(=O)n2c(C)c(I)c3cc(Br)cnc32)cc1.O=S(=O)(c1ccccc1)n1ccc2cc(Br)cnc21. The number of aryl methyl sites for hydroxylation is 3. The van der Waals surface area contributed by atoms with Gasteiger partial charge in [0.2, 0.25) is 0 Å². The number of allylic oxidation sites excluding steroid dienone is 3. The number of rotatable bonds is 9. The Morgan fingerprint density at radius 1 is 0.393 bits per heavy atom. The molecule has 0 saturated heterocycles.